The summed E-state index contributed by atoms with van der Waals surface area (Å²) in [7, 11) is 0. The van der Waals surface area contributed by atoms with Crippen LogP contribution in [-0.2, 0) is 0 Å². The highest BCUT2D eigenvalue weighted by molar-refractivity contribution is 5.92. The van der Waals surface area contributed by atoms with Gasteiger partial charge in [0.25, 0.3) is 5.91 Å². The van der Waals surface area contributed by atoms with E-state index >= 15 is 0 Å². The third-order valence-electron chi connectivity index (χ3n) is 4.38. The van der Waals surface area contributed by atoms with Gasteiger partial charge in [0.2, 0.25) is 0 Å². The summed E-state index contributed by atoms with van der Waals surface area (Å²) in [5.41, 5.74) is 1.89. The fraction of sp³-hybridized carbons (Fsp3) is 0.294. The van der Waals surface area contributed by atoms with Gasteiger partial charge in [-0.2, -0.15) is 0 Å². The summed E-state index contributed by atoms with van der Waals surface area (Å²) in [5.74, 6) is 0.594. The summed E-state index contributed by atoms with van der Waals surface area (Å²) in [5, 5.41) is 7.59. The van der Waals surface area contributed by atoms with Gasteiger partial charge in [0.15, 0.2) is 11.1 Å². The number of carbonyl (C=O) groups excluding carboxylic acids is 1. The Morgan fingerprint density at radius 1 is 1.36 bits per heavy atom. The number of anilines is 1. The van der Waals surface area contributed by atoms with Crippen molar-refractivity contribution >= 4 is 17.4 Å². The molecule has 0 aromatic carbocycles. The van der Waals surface area contributed by atoms with E-state index in [1.165, 1.54) is 18.3 Å². The normalized spacial score (nSPS) is 17.2. The quantitative estimate of drug-likeness (QED) is 0.734. The maximum atomic E-state index is 12.3. The summed E-state index contributed by atoms with van der Waals surface area (Å²) in [6, 6.07) is 6.59. The zero-order valence-corrected chi connectivity index (χ0v) is 13.8. The first-order valence-corrected chi connectivity index (χ1v) is 8.16. The molecule has 1 saturated heterocycles. The molecule has 8 heteroatoms. The number of nitrogens with one attached hydrogen (secondary N) is 2. The van der Waals surface area contributed by atoms with Gasteiger partial charge in [-0.15, -0.1) is 5.10 Å². The minimum Gasteiger partial charge on any atom is -0.357 e. The van der Waals surface area contributed by atoms with E-state index in [0.717, 1.165) is 30.1 Å². The lowest BCUT2D eigenvalue weighted by molar-refractivity contribution is 0.0935. The Kier molecular flexibility index (Phi) is 3.72. The molecule has 128 valence electrons. The van der Waals surface area contributed by atoms with Crippen LogP contribution in [0.2, 0.25) is 0 Å². The van der Waals surface area contributed by atoms with E-state index in [9.17, 15) is 9.59 Å². The zero-order chi connectivity index (χ0) is 17.4. The number of carbonyl (C=O) groups is 1. The fourth-order valence-electron chi connectivity index (χ4n) is 3.07. The van der Waals surface area contributed by atoms with Crippen molar-refractivity contribution in [2.24, 2.45) is 0 Å². The lowest BCUT2D eigenvalue weighted by atomic mass is 10.2. The molecule has 0 spiro atoms. The Morgan fingerprint density at radius 2 is 2.24 bits per heavy atom. The van der Waals surface area contributed by atoms with Crippen molar-refractivity contribution in [1.82, 2.24) is 24.9 Å². The molecule has 4 rings (SSSR count). The summed E-state index contributed by atoms with van der Waals surface area (Å²) < 4.78 is 1.82. The first kappa shape index (κ1) is 15.4. The van der Waals surface area contributed by atoms with Gasteiger partial charge < -0.3 is 15.2 Å². The molecule has 1 amide bonds. The van der Waals surface area contributed by atoms with Gasteiger partial charge in [-0.05, 0) is 25.5 Å². The second kappa shape index (κ2) is 6.04. The SMILES string of the molecule is Cc1cnc2ccc(N3CC[C@H](NC(=O)c4cc(=O)cc[nH]4)C3)nn12. The summed E-state index contributed by atoms with van der Waals surface area (Å²) in [6.07, 6.45) is 4.09. The number of aromatic nitrogens is 4. The molecule has 1 fully saturated rings. The van der Waals surface area contributed by atoms with Crippen molar-refractivity contribution in [3.8, 4) is 0 Å². The fourth-order valence-corrected chi connectivity index (χ4v) is 3.07. The van der Waals surface area contributed by atoms with E-state index < -0.39 is 0 Å². The monoisotopic (exact) mass is 338 g/mol. The standard InChI is InChI=1S/C17H18N6O2/c1-11-9-19-15-2-3-16(21-23(11)15)22-7-5-12(10-22)20-17(25)14-8-13(24)4-6-18-14/h2-4,6,8-9,12H,5,7,10H2,1H3,(H,18,24)(H,20,25)/t12-/m0/s1. The predicted octanol–water partition coefficient (Wildman–Crippen LogP) is 0.735. The number of amides is 1. The smallest absolute Gasteiger partial charge is 0.268 e. The van der Waals surface area contributed by atoms with E-state index in [-0.39, 0.29) is 23.1 Å². The molecule has 1 aliphatic heterocycles. The molecule has 25 heavy (non-hydrogen) atoms. The van der Waals surface area contributed by atoms with Crippen LogP contribution in [0, 0.1) is 6.92 Å². The van der Waals surface area contributed by atoms with Crippen LogP contribution < -0.4 is 15.6 Å². The van der Waals surface area contributed by atoms with Crippen molar-refractivity contribution in [2.75, 3.05) is 18.0 Å². The van der Waals surface area contributed by atoms with Crippen LogP contribution in [0.5, 0.6) is 0 Å². The molecule has 1 aliphatic rings. The minimum absolute atomic E-state index is 0.0117. The van der Waals surface area contributed by atoms with Gasteiger partial charge in [0.05, 0.1) is 11.9 Å². The number of fused-ring (bicyclic) bond motifs is 1. The Labute approximate surface area is 143 Å². The predicted molar refractivity (Wildman–Crippen MR) is 92.9 cm³/mol. The zero-order valence-electron chi connectivity index (χ0n) is 13.8. The van der Waals surface area contributed by atoms with E-state index in [4.69, 9.17) is 0 Å². The molecule has 0 saturated carbocycles. The van der Waals surface area contributed by atoms with Crippen LogP contribution in [0.3, 0.4) is 0 Å². The molecule has 0 unspecified atom stereocenters. The molecule has 1 atom stereocenters. The number of imidazole rings is 1. The molecule has 2 N–H and O–H groups in total. The molecule has 0 radical (unpaired) electrons. The van der Waals surface area contributed by atoms with E-state index in [1.807, 2.05) is 23.6 Å². The average molecular weight is 338 g/mol. The van der Waals surface area contributed by atoms with Gasteiger partial charge >= 0.3 is 0 Å². The number of rotatable bonds is 3. The van der Waals surface area contributed by atoms with Crippen molar-refractivity contribution in [1.29, 1.82) is 0 Å². The summed E-state index contributed by atoms with van der Waals surface area (Å²) in [6.45, 7) is 3.45. The summed E-state index contributed by atoms with van der Waals surface area (Å²) in [4.78, 5) is 32.8. The van der Waals surface area contributed by atoms with Crippen LogP contribution in [0.15, 0.2) is 41.5 Å². The number of aromatic amines is 1. The van der Waals surface area contributed by atoms with Crippen molar-refractivity contribution in [3.05, 3.63) is 58.3 Å². The number of hydrogen-bond acceptors (Lipinski definition) is 5. The third-order valence-corrected chi connectivity index (χ3v) is 4.38. The number of hydrogen-bond donors (Lipinski definition) is 2. The Hall–Kier alpha value is -3.16. The number of nitrogens with zero attached hydrogens (tertiary/aromatic N) is 4. The van der Waals surface area contributed by atoms with Crippen LogP contribution in [-0.4, -0.2) is 44.6 Å². The molecular weight excluding hydrogens is 320 g/mol. The maximum absolute atomic E-state index is 12.3. The second-order valence-electron chi connectivity index (χ2n) is 6.20. The second-order valence-corrected chi connectivity index (χ2v) is 6.20. The molecule has 3 aromatic heterocycles. The first-order valence-electron chi connectivity index (χ1n) is 8.16. The third kappa shape index (κ3) is 2.98. The molecule has 4 heterocycles. The topological polar surface area (TPSA) is 95.4 Å². The van der Waals surface area contributed by atoms with Crippen LogP contribution in [0.25, 0.3) is 5.65 Å². The lowest BCUT2D eigenvalue weighted by Crippen LogP contribution is -2.38. The highest BCUT2D eigenvalue weighted by Gasteiger charge is 2.25. The van der Waals surface area contributed by atoms with Gasteiger partial charge in [0.1, 0.15) is 11.5 Å². The van der Waals surface area contributed by atoms with Crippen LogP contribution >= 0.6 is 0 Å². The molecule has 3 aromatic rings. The average Bonchev–Trinajstić information content (AvgIpc) is 3.22. The molecular formula is C17H18N6O2. The van der Waals surface area contributed by atoms with Gasteiger partial charge in [-0.25, -0.2) is 9.50 Å². The minimum atomic E-state index is -0.265. The highest BCUT2D eigenvalue weighted by Crippen LogP contribution is 2.19. The molecule has 0 bridgehead atoms. The van der Waals surface area contributed by atoms with Crippen molar-refractivity contribution in [2.45, 2.75) is 19.4 Å². The lowest BCUT2D eigenvalue weighted by Gasteiger charge is -2.18. The van der Waals surface area contributed by atoms with Gasteiger partial charge in [-0.3, -0.25) is 9.59 Å². The Balaban J connectivity index is 1.46. The van der Waals surface area contributed by atoms with Crippen molar-refractivity contribution in [3.63, 3.8) is 0 Å². The summed E-state index contributed by atoms with van der Waals surface area (Å²) >= 11 is 0. The molecule has 8 nitrogen and oxygen atoms in total. The highest BCUT2D eigenvalue weighted by atomic mass is 16.2. The Bertz CT molecular complexity index is 992. The van der Waals surface area contributed by atoms with E-state index in [2.05, 4.69) is 25.3 Å². The Morgan fingerprint density at radius 3 is 3.08 bits per heavy atom. The van der Waals surface area contributed by atoms with E-state index in [0.29, 0.717) is 6.54 Å². The molecule has 0 aliphatic carbocycles. The van der Waals surface area contributed by atoms with Crippen LogP contribution in [0.1, 0.15) is 22.6 Å². The van der Waals surface area contributed by atoms with E-state index in [1.54, 1.807) is 6.20 Å². The number of aryl methyl sites for hydroxylation is 1. The first-order chi connectivity index (χ1) is 12.1. The maximum Gasteiger partial charge on any atom is 0.268 e. The number of pyridine rings is 1. The number of H-pyrrole nitrogens is 1. The van der Waals surface area contributed by atoms with Gasteiger partial charge in [-0.1, -0.05) is 0 Å². The largest absolute Gasteiger partial charge is 0.357 e. The van der Waals surface area contributed by atoms with Crippen LogP contribution in [0.4, 0.5) is 5.82 Å². The van der Waals surface area contributed by atoms with Crippen molar-refractivity contribution < 1.29 is 4.79 Å². The van der Waals surface area contributed by atoms with Gasteiger partial charge in [0, 0.05) is 37.5 Å².